The van der Waals surface area contributed by atoms with Crippen LogP contribution in [0, 0.1) is 0 Å². The van der Waals surface area contributed by atoms with Gasteiger partial charge in [-0.2, -0.15) is 0 Å². The zero-order valence-electron chi connectivity index (χ0n) is 17.7. The molecule has 25 heavy (non-hydrogen) atoms. The van der Waals surface area contributed by atoms with Gasteiger partial charge in [-0.1, -0.05) is 103 Å². The van der Waals surface area contributed by atoms with E-state index in [0.29, 0.717) is 6.61 Å². The molecule has 0 aliphatic rings. The maximum absolute atomic E-state index is 8.88. The van der Waals surface area contributed by atoms with Gasteiger partial charge < -0.3 is 21.2 Å². The molecular formula is C18H42NaO5P. The minimum atomic E-state index is -4.64. The molecule has 0 aliphatic carbocycles. The van der Waals surface area contributed by atoms with Crippen LogP contribution in [0.1, 0.15) is 111 Å². The van der Waals surface area contributed by atoms with Crippen molar-refractivity contribution in [3.05, 3.63) is 0 Å². The Kier molecular flexibility index (Phi) is 30.9. The summed E-state index contributed by atoms with van der Waals surface area (Å²) in [6.45, 7) is 2.66. The molecule has 4 N–H and O–H groups in total. The number of phosphoric acid groups is 1. The molecule has 0 fully saturated rings. The smallest absolute Gasteiger partial charge is 1.00 e. The van der Waals surface area contributed by atoms with Gasteiger partial charge in [0.1, 0.15) is 0 Å². The topological polar surface area (TPSA) is 98.0 Å². The van der Waals surface area contributed by atoms with Crippen LogP contribution in [0.5, 0.6) is 0 Å². The molecule has 0 unspecified atom stereocenters. The molecule has 0 atom stereocenters. The van der Waals surface area contributed by atoms with E-state index >= 15 is 0 Å². The summed E-state index contributed by atoms with van der Waals surface area (Å²) in [6.07, 6.45) is 22.2. The number of unbranched alkanes of at least 4 members (excludes halogenated alkanes) is 15. The van der Waals surface area contributed by atoms with E-state index in [2.05, 4.69) is 6.92 Å². The fraction of sp³-hybridized carbons (Fsp3) is 1.00. The van der Waals surface area contributed by atoms with E-state index in [9.17, 15) is 0 Å². The van der Waals surface area contributed by atoms with Gasteiger partial charge in [0.15, 0.2) is 0 Å². The summed E-state index contributed by atoms with van der Waals surface area (Å²) in [5.41, 5.74) is 0. The Labute approximate surface area is 179 Å². The molecule has 0 bridgehead atoms. The number of rotatable bonds is 16. The van der Waals surface area contributed by atoms with E-state index < -0.39 is 7.82 Å². The van der Waals surface area contributed by atoms with Crippen LogP contribution in [0.3, 0.4) is 0 Å². The Bertz CT molecular complexity index is 256. The fourth-order valence-electron chi connectivity index (χ4n) is 2.66. The van der Waals surface area contributed by atoms with Crippen LogP contribution in [0.25, 0.3) is 0 Å². The number of aliphatic hydroxyl groups excluding tert-OH is 1. The van der Waals surface area contributed by atoms with Gasteiger partial charge in [-0.25, -0.2) is 4.57 Å². The van der Waals surface area contributed by atoms with Crippen LogP contribution >= 0.6 is 7.82 Å². The first-order chi connectivity index (χ1) is 11.4. The molecule has 7 heteroatoms. The van der Waals surface area contributed by atoms with Crippen molar-refractivity contribution < 1.29 is 55.3 Å². The Hall–Kier alpha value is 1.07. The maximum Gasteiger partial charge on any atom is 1.00 e. The molecule has 0 aromatic carbocycles. The molecular weight excluding hydrogens is 350 g/mol. The normalized spacial score (nSPS) is 10.8. The minimum Gasteiger partial charge on any atom is -1.00 e. The van der Waals surface area contributed by atoms with Gasteiger partial charge in [0.05, 0.1) is 0 Å². The van der Waals surface area contributed by atoms with Crippen molar-refractivity contribution in [1.82, 2.24) is 0 Å². The molecule has 0 amide bonds. The summed E-state index contributed by atoms with van der Waals surface area (Å²) in [5, 5.41) is 8.67. The third-order valence-corrected chi connectivity index (χ3v) is 4.01. The number of aliphatic hydroxyl groups is 1. The Morgan fingerprint density at radius 3 is 1.00 bits per heavy atom. The van der Waals surface area contributed by atoms with Crippen molar-refractivity contribution in [3.8, 4) is 0 Å². The molecule has 0 saturated carbocycles. The van der Waals surface area contributed by atoms with Crippen LogP contribution in [-0.2, 0) is 4.57 Å². The summed E-state index contributed by atoms with van der Waals surface area (Å²) in [6, 6.07) is 0. The third-order valence-electron chi connectivity index (χ3n) is 4.01. The first-order valence-electron chi connectivity index (χ1n) is 9.81. The zero-order valence-corrected chi connectivity index (χ0v) is 19.6. The predicted octanol–water partition coefficient (Wildman–Crippen LogP) is 2.43. The molecule has 0 rings (SSSR count). The Balaban J connectivity index is -0.000000304. The van der Waals surface area contributed by atoms with Gasteiger partial charge in [-0.3, -0.25) is 0 Å². The van der Waals surface area contributed by atoms with Crippen molar-refractivity contribution in [3.63, 3.8) is 0 Å². The fourth-order valence-corrected chi connectivity index (χ4v) is 2.66. The standard InChI is InChI=1S/C18H38O.Na.H3O4P.H/c1-2-3-4-5-6-7-8-9-10-11-12-13-14-15-16-17-18-19;;1-5(2,3)4;/h19H,2-18H2,1H3;;(H3,1,2,3,4);/q;+1;;-1. The van der Waals surface area contributed by atoms with E-state index in [-0.39, 0.29) is 31.0 Å². The second-order valence-electron chi connectivity index (χ2n) is 6.54. The van der Waals surface area contributed by atoms with Crippen LogP contribution in [0.4, 0.5) is 0 Å². The van der Waals surface area contributed by atoms with E-state index in [1.54, 1.807) is 0 Å². The Morgan fingerprint density at radius 2 is 0.800 bits per heavy atom. The summed E-state index contributed by atoms with van der Waals surface area (Å²) in [4.78, 5) is 21.6. The largest absolute Gasteiger partial charge is 1.00 e. The molecule has 0 aliphatic heterocycles. The van der Waals surface area contributed by atoms with Gasteiger partial charge in [-0.15, -0.1) is 0 Å². The summed E-state index contributed by atoms with van der Waals surface area (Å²) < 4.78 is 8.88. The quantitative estimate of drug-likeness (QED) is 0.184. The maximum atomic E-state index is 8.88. The van der Waals surface area contributed by atoms with Gasteiger partial charge >= 0.3 is 37.4 Å². The molecule has 0 aromatic heterocycles. The van der Waals surface area contributed by atoms with Gasteiger partial charge in [0, 0.05) is 6.61 Å². The molecule has 0 aromatic rings. The molecule has 0 spiro atoms. The molecule has 0 radical (unpaired) electrons. The summed E-state index contributed by atoms with van der Waals surface area (Å²) in [5.74, 6) is 0. The first-order valence-corrected chi connectivity index (χ1v) is 11.4. The molecule has 150 valence electrons. The zero-order chi connectivity index (χ0) is 18.5. The average molecular weight is 392 g/mol. The SMILES string of the molecule is CCCCCCCCCCCCCCCCCCO.O=P(O)(O)O.[H-].[Na+]. The first kappa shape index (κ1) is 30.8. The van der Waals surface area contributed by atoms with Crippen molar-refractivity contribution in [2.24, 2.45) is 0 Å². The van der Waals surface area contributed by atoms with Crippen LogP contribution in [0.15, 0.2) is 0 Å². The van der Waals surface area contributed by atoms with Gasteiger partial charge in [-0.05, 0) is 6.42 Å². The predicted molar refractivity (Wildman–Crippen MR) is 102 cm³/mol. The van der Waals surface area contributed by atoms with Crippen molar-refractivity contribution in [1.29, 1.82) is 0 Å². The van der Waals surface area contributed by atoms with Gasteiger partial charge in [0.2, 0.25) is 0 Å². The molecule has 0 heterocycles. The van der Waals surface area contributed by atoms with Crippen molar-refractivity contribution in [2.45, 2.75) is 110 Å². The van der Waals surface area contributed by atoms with Gasteiger partial charge in [0.25, 0.3) is 0 Å². The van der Waals surface area contributed by atoms with Crippen LogP contribution < -0.4 is 29.6 Å². The summed E-state index contributed by atoms with van der Waals surface area (Å²) in [7, 11) is -4.64. The second kappa shape index (κ2) is 25.1. The molecule has 5 nitrogen and oxygen atoms in total. The second-order valence-corrected chi connectivity index (χ2v) is 7.57. The Morgan fingerprint density at radius 1 is 0.600 bits per heavy atom. The number of hydrogen-bond donors (Lipinski definition) is 4. The van der Waals surface area contributed by atoms with Crippen molar-refractivity contribution >= 4 is 7.82 Å². The van der Waals surface area contributed by atoms with E-state index in [0.717, 1.165) is 6.42 Å². The van der Waals surface area contributed by atoms with Crippen LogP contribution in [-0.4, -0.2) is 26.4 Å². The average Bonchev–Trinajstić information content (AvgIpc) is 2.49. The van der Waals surface area contributed by atoms with Crippen LogP contribution in [0.2, 0.25) is 0 Å². The monoisotopic (exact) mass is 392 g/mol. The number of hydrogen-bond acceptors (Lipinski definition) is 2. The van der Waals surface area contributed by atoms with E-state index in [1.165, 1.54) is 96.3 Å². The third kappa shape index (κ3) is 45.8. The van der Waals surface area contributed by atoms with E-state index in [4.69, 9.17) is 24.4 Å². The van der Waals surface area contributed by atoms with E-state index in [1.807, 2.05) is 0 Å². The minimum absolute atomic E-state index is 0. The summed E-state index contributed by atoms with van der Waals surface area (Å²) >= 11 is 0. The van der Waals surface area contributed by atoms with Crippen molar-refractivity contribution in [2.75, 3.05) is 6.61 Å². The molecule has 0 saturated heterocycles.